The van der Waals surface area contributed by atoms with E-state index in [1.54, 1.807) is 16.7 Å². The van der Waals surface area contributed by atoms with Gasteiger partial charge in [0.25, 0.3) is 5.56 Å². The van der Waals surface area contributed by atoms with Crippen LogP contribution < -0.4 is 16.2 Å². The third kappa shape index (κ3) is 6.70. The number of nitrogens with one attached hydrogen (secondary N) is 2. The summed E-state index contributed by atoms with van der Waals surface area (Å²) in [7, 11) is 0. The van der Waals surface area contributed by atoms with Gasteiger partial charge in [-0.25, -0.2) is 4.98 Å². The fourth-order valence-corrected chi connectivity index (χ4v) is 4.56. The predicted molar refractivity (Wildman–Crippen MR) is 138 cm³/mol. The van der Waals surface area contributed by atoms with Gasteiger partial charge in [0.05, 0.1) is 23.2 Å². The molecule has 1 heterocycles. The smallest absolute Gasteiger partial charge is 0.262 e. The number of carbonyl (C=O) groups is 2. The van der Waals surface area contributed by atoms with Crippen LogP contribution in [-0.2, 0) is 16.1 Å². The highest BCUT2D eigenvalue weighted by atomic mass is 32.2. The summed E-state index contributed by atoms with van der Waals surface area (Å²) in [5.74, 6) is -0.509. The van der Waals surface area contributed by atoms with Gasteiger partial charge in [-0.15, -0.1) is 0 Å². The van der Waals surface area contributed by atoms with Crippen LogP contribution in [0.25, 0.3) is 10.9 Å². The number of hydrogen-bond acceptors (Lipinski definition) is 5. The Morgan fingerprint density at radius 1 is 0.971 bits per heavy atom. The summed E-state index contributed by atoms with van der Waals surface area (Å²) in [5.41, 5.74) is 3.23. The van der Waals surface area contributed by atoms with Crippen LogP contribution in [0.5, 0.6) is 0 Å². The second kappa shape index (κ2) is 12.4. The van der Waals surface area contributed by atoms with E-state index in [1.165, 1.54) is 11.8 Å². The van der Waals surface area contributed by atoms with Crippen LogP contribution in [0.3, 0.4) is 0 Å². The van der Waals surface area contributed by atoms with E-state index in [-0.39, 0.29) is 29.7 Å². The van der Waals surface area contributed by atoms with Crippen LogP contribution >= 0.6 is 11.8 Å². The number of thioether (sulfide) groups is 1. The monoisotopic (exact) mass is 480 g/mol. The Balaban J connectivity index is 1.62. The number of para-hydroxylation sites is 2. The van der Waals surface area contributed by atoms with Crippen molar-refractivity contribution in [3.05, 3.63) is 63.9 Å². The summed E-state index contributed by atoms with van der Waals surface area (Å²) in [5, 5.41) is 6.62. The maximum Gasteiger partial charge on any atom is 0.262 e. The predicted octanol–water partition coefficient (Wildman–Crippen LogP) is 4.44. The van der Waals surface area contributed by atoms with Gasteiger partial charge >= 0.3 is 0 Å². The third-order valence-electron chi connectivity index (χ3n) is 5.59. The van der Waals surface area contributed by atoms with E-state index in [1.807, 2.05) is 44.2 Å². The van der Waals surface area contributed by atoms with Gasteiger partial charge in [-0.2, -0.15) is 0 Å². The molecule has 0 atom stereocenters. The SMILES string of the molecule is CCCCCCn1c(SCC(=O)NCC(=O)Nc2c(C)cccc2C)nc2ccccc2c1=O. The number of rotatable bonds is 11. The van der Waals surface area contributed by atoms with Crippen LogP contribution in [-0.4, -0.2) is 33.7 Å². The van der Waals surface area contributed by atoms with E-state index < -0.39 is 0 Å². The minimum Gasteiger partial charge on any atom is -0.346 e. The second-order valence-electron chi connectivity index (χ2n) is 8.31. The molecule has 34 heavy (non-hydrogen) atoms. The Morgan fingerprint density at radius 2 is 1.71 bits per heavy atom. The molecule has 7 nitrogen and oxygen atoms in total. The first-order valence-electron chi connectivity index (χ1n) is 11.7. The number of anilines is 1. The first kappa shape index (κ1) is 25.5. The average molecular weight is 481 g/mol. The lowest BCUT2D eigenvalue weighted by atomic mass is 10.1. The molecule has 1 aromatic heterocycles. The molecule has 2 amide bonds. The number of fused-ring (bicyclic) bond motifs is 1. The molecule has 0 radical (unpaired) electrons. The van der Waals surface area contributed by atoms with Crippen LogP contribution in [0, 0.1) is 13.8 Å². The molecule has 0 aliphatic heterocycles. The van der Waals surface area contributed by atoms with Crippen LogP contribution in [0.1, 0.15) is 43.7 Å². The minimum atomic E-state index is -0.290. The Bertz CT molecular complexity index is 1200. The van der Waals surface area contributed by atoms with Crippen molar-refractivity contribution in [3.63, 3.8) is 0 Å². The van der Waals surface area contributed by atoms with Gasteiger partial charge in [-0.1, -0.05) is 68.3 Å². The van der Waals surface area contributed by atoms with Gasteiger partial charge in [0, 0.05) is 12.2 Å². The van der Waals surface area contributed by atoms with E-state index in [4.69, 9.17) is 0 Å². The van der Waals surface area contributed by atoms with E-state index in [9.17, 15) is 14.4 Å². The van der Waals surface area contributed by atoms with Crippen molar-refractivity contribution in [1.29, 1.82) is 0 Å². The molecular weight excluding hydrogens is 448 g/mol. The molecule has 0 fully saturated rings. The van der Waals surface area contributed by atoms with Gasteiger partial charge in [-0.3, -0.25) is 19.0 Å². The van der Waals surface area contributed by atoms with Crippen LogP contribution in [0.4, 0.5) is 5.69 Å². The lowest BCUT2D eigenvalue weighted by molar-refractivity contribution is -0.122. The van der Waals surface area contributed by atoms with E-state index >= 15 is 0 Å². The number of aromatic nitrogens is 2. The molecule has 2 N–H and O–H groups in total. The number of nitrogens with zero attached hydrogens (tertiary/aromatic N) is 2. The summed E-state index contributed by atoms with van der Waals surface area (Å²) in [6, 6.07) is 13.0. The summed E-state index contributed by atoms with van der Waals surface area (Å²) in [4.78, 5) is 42.5. The molecule has 0 unspecified atom stereocenters. The standard InChI is InChI=1S/C26H32N4O3S/c1-4-5-6-9-15-30-25(33)20-13-7-8-14-21(20)28-26(30)34-17-23(32)27-16-22(31)29-24-18(2)11-10-12-19(24)3/h7-8,10-14H,4-6,9,15-17H2,1-3H3,(H,27,32)(H,29,31). The van der Waals surface area contributed by atoms with Gasteiger partial charge in [0.2, 0.25) is 11.8 Å². The molecule has 0 bridgehead atoms. The number of unbranched alkanes of at least 4 members (excludes halogenated alkanes) is 3. The zero-order chi connectivity index (χ0) is 24.5. The highest BCUT2D eigenvalue weighted by Crippen LogP contribution is 2.20. The first-order chi connectivity index (χ1) is 16.4. The Labute approximate surface area is 204 Å². The summed E-state index contributed by atoms with van der Waals surface area (Å²) in [6.07, 6.45) is 4.15. The largest absolute Gasteiger partial charge is 0.346 e. The molecule has 3 rings (SSSR count). The molecule has 0 aliphatic carbocycles. The van der Waals surface area contributed by atoms with Gasteiger partial charge in [0.1, 0.15) is 0 Å². The lowest BCUT2D eigenvalue weighted by Gasteiger charge is -2.13. The Morgan fingerprint density at radius 3 is 2.44 bits per heavy atom. The van der Waals surface area contributed by atoms with Crippen molar-refractivity contribution in [1.82, 2.24) is 14.9 Å². The van der Waals surface area contributed by atoms with E-state index in [2.05, 4.69) is 22.5 Å². The number of aryl methyl sites for hydroxylation is 2. The summed E-state index contributed by atoms with van der Waals surface area (Å²) in [6.45, 7) is 6.44. The van der Waals surface area contributed by atoms with Gasteiger partial charge < -0.3 is 10.6 Å². The molecule has 3 aromatic rings. The van der Waals surface area contributed by atoms with E-state index in [0.29, 0.717) is 22.6 Å². The highest BCUT2D eigenvalue weighted by Gasteiger charge is 2.14. The molecular formula is C26H32N4O3S. The van der Waals surface area contributed by atoms with Gasteiger partial charge in [-0.05, 0) is 43.5 Å². The second-order valence-corrected chi connectivity index (χ2v) is 9.25. The van der Waals surface area contributed by atoms with Crippen molar-refractivity contribution in [3.8, 4) is 0 Å². The lowest BCUT2D eigenvalue weighted by Crippen LogP contribution is -2.34. The topological polar surface area (TPSA) is 93.1 Å². The van der Waals surface area contributed by atoms with Gasteiger partial charge in [0.15, 0.2) is 5.16 Å². The Kier molecular flexibility index (Phi) is 9.27. The van der Waals surface area contributed by atoms with Crippen LogP contribution in [0.2, 0.25) is 0 Å². The minimum absolute atomic E-state index is 0.0659. The number of benzene rings is 2. The first-order valence-corrected chi connectivity index (χ1v) is 12.6. The number of carbonyl (C=O) groups excluding carboxylic acids is 2. The quantitative estimate of drug-likeness (QED) is 0.240. The zero-order valence-corrected chi connectivity index (χ0v) is 20.8. The molecule has 0 saturated heterocycles. The van der Waals surface area contributed by atoms with Crippen molar-refractivity contribution in [2.24, 2.45) is 0 Å². The zero-order valence-electron chi connectivity index (χ0n) is 20.0. The molecule has 0 aliphatic rings. The maximum absolute atomic E-state index is 13.1. The fourth-order valence-electron chi connectivity index (χ4n) is 3.71. The maximum atomic E-state index is 13.1. The highest BCUT2D eigenvalue weighted by molar-refractivity contribution is 7.99. The molecule has 0 saturated carbocycles. The normalized spacial score (nSPS) is 10.9. The molecule has 8 heteroatoms. The third-order valence-corrected chi connectivity index (χ3v) is 6.56. The molecule has 180 valence electrons. The molecule has 0 spiro atoms. The average Bonchev–Trinajstić information content (AvgIpc) is 2.83. The summed E-state index contributed by atoms with van der Waals surface area (Å²) < 4.78 is 1.67. The molecule has 2 aromatic carbocycles. The van der Waals surface area contributed by atoms with Crippen molar-refractivity contribution < 1.29 is 9.59 Å². The van der Waals surface area contributed by atoms with Crippen molar-refractivity contribution in [2.45, 2.75) is 58.2 Å². The van der Waals surface area contributed by atoms with Crippen molar-refractivity contribution in [2.75, 3.05) is 17.6 Å². The van der Waals surface area contributed by atoms with Crippen molar-refractivity contribution >= 4 is 40.2 Å². The van der Waals surface area contributed by atoms with Crippen LogP contribution in [0.15, 0.2) is 52.4 Å². The Hall–Kier alpha value is -3.13. The fraction of sp³-hybridized carbons (Fsp3) is 0.385. The van der Waals surface area contributed by atoms with E-state index in [0.717, 1.165) is 42.5 Å². The number of amides is 2. The summed E-state index contributed by atoms with van der Waals surface area (Å²) >= 11 is 1.22. The number of hydrogen-bond donors (Lipinski definition) is 2.